The van der Waals surface area contributed by atoms with Gasteiger partial charge in [-0.1, -0.05) is 28.1 Å². The van der Waals surface area contributed by atoms with Crippen molar-refractivity contribution in [3.05, 3.63) is 52.1 Å². The van der Waals surface area contributed by atoms with Crippen molar-refractivity contribution in [1.29, 1.82) is 0 Å². The fourth-order valence-electron chi connectivity index (χ4n) is 4.38. The summed E-state index contributed by atoms with van der Waals surface area (Å²) in [7, 11) is 0. The largest absolute Gasteiger partial charge is 0.379 e. The molecule has 0 N–H and O–H groups in total. The molecule has 2 fully saturated rings. The molecule has 2 saturated heterocycles. The topological polar surface area (TPSA) is 45.7 Å². The van der Waals surface area contributed by atoms with Crippen LogP contribution in [0.25, 0.3) is 11.3 Å². The number of pyridine rings is 1. The number of ether oxygens (including phenoxy) is 1. The normalized spacial score (nSPS) is 18.5. The van der Waals surface area contributed by atoms with E-state index in [-0.39, 0.29) is 5.91 Å². The molecule has 0 atom stereocenters. The first-order chi connectivity index (χ1) is 14.6. The lowest BCUT2D eigenvalue weighted by molar-refractivity contribution is 0.0332. The Morgan fingerprint density at radius 1 is 1.13 bits per heavy atom. The van der Waals surface area contributed by atoms with Crippen LogP contribution in [0.15, 0.2) is 40.9 Å². The first-order valence-electron chi connectivity index (χ1n) is 10.9. The van der Waals surface area contributed by atoms with Gasteiger partial charge in [0, 0.05) is 36.2 Å². The number of benzene rings is 1. The van der Waals surface area contributed by atoms with Crippen LogP contribution in [-0.2, 0) is 4.74 Å². The molecule has 2 aliphatic rings. The van der Waals surface area contributed by atoms with Gasteiger partial charge in [-0.25, -0.2) is 0 Å². The third-order valence-corrected chi connectivity index (χ3v) is 6.79. The molecule has 160 valence electrons. The molecule has 4 rings (SSSR count). The van der Waals surface area contributed by atoms with Crippen LogP contribution in [0.2, 0.25) is 0 Å². The molecule has 1 aromatic heterocycles. The molecular formula is C24H30BrN3O2. The third-order valence-electron chi connectivity index (χ3n) is 6.30. The van der Waals surface area contributed by atoms with E-state index in [4.69, 9.17) is 9.72 Å². The van der Waals surface area contributed by atoms with E-state index in [0.29, 0.717) is 0 Å². The Morgan fingerprint density at radius 2 is 1.90 bits per heavy atom. The van der Waals surface area contributed by atoms with Crippen LogP contribution < -0.4 is 0 Å². The van der Waals surface area contributed by atoms with Gasteiger partial charge >= 0.3 is 0 Å². The van der Waals surface area contributed by atoms with Crippen LogP contribution in [-0.4, -0.2) is 66.6 Å². The van der Waals surface area contributed by atoms with E-state index in [0.717, 1.165) is 91.7 Å². The second-order valence-corrected chi connectivity index (χ2v) is 9.23. The molecule has 3 heterocycles. The van der Waals surface area contributed by atoms with Crippen LogP contribution in [0.1, 0.15) is 35.3 Å². The monoisotopic (exact) mass is 471 g/mol. The highest BCUT2D eigenvalue weighted by Crippen LogP contribution is 2.25. The van der Waals surface area contributed by atoms with Crippen LogP contribution in [0.4, 0.5) is 0 Å². The first-order valence-corrected chi connectivity index (χ1v) is 11.7. The third kappa shape index (κ3) is 5.29. The van der Waals surface area contributed by atoms with Crippen molar-refractivity contribution in [3.63, 3.8) is 0 Å². The number of hydrogen-bond donors (Lipinski definition) is 0. The van der Waals surface area contributed by atoms with Gasteiger partial charge in [0.15, 0.2) is 0 Å². The zero-order valence-corrected chi connectivity index (χ0v) is 19.2. The van der Waals surface area contributed by atoms with Gasteiger partial charge in [0.25, 0.3) is 5.91 Å². The van der Waals surface area contributed by atoms with Gasteiger partial charge < -0.3 is 9.64 Å². The lowest BCUT2D eigenvalue weighted by Crippen LogP contribution is -2.41. The molecule has 5 nitrogen and oxygen atoms in total. The highest BCUT2D eigenvalue weighted by molar-refractivity contribution is 9.10. The van der Waals surface area contributed by atoms with Crippen molar-refractivity contribution >= 4 is 21.8 Å². The van der Waals surface area contributed by atoms with Crippen molar-refractivity contribution in [2.45, 2.75) is 26.2 Å². The van der Waals surface area contributed by atoms with Gasteiger partial charge in [-0.15, -0.1) is 0 Å². The SMILES string of the molecule is Cc1nc(-c2cccc(Br)c2)ccc1C(=O)N1CCC(CCN2CCOCC2)CC1. The molecule has 1 amide bonds. The summed E-state index contributed by atoms with van der Waals surface area (Å²) >= 11 is 3.51. The standard InChI is InChI=1S/C24H30BrN3O2/c1-18-22(5-6-23(26-18)20-3-2-4-21(25)17-20)24(29)28-11-8-19(9-12-28)7-10-27-13-15-30-16-14-27/h2-6,17,19H,7-16H2,1H3. The molecule has 0 spiro atoms. The van der Waals surface area contributed by atoms with Crippen molar-refractivity contribution in [3.8, 4) is 11.3 Å². The summed E-state index contributed by atoms with van der Waals surface area (Å²) in [6.45, 7) is 8.62. The summed E-state index contributed by atoms with van der Waals surface area (Å²) in [5.41, 5.74) is 3.46. The predicted molar refractivity (Wildman–Crippen MR) is 123 cm³/mol. The van der Waals surface area contributed by atoms with E-state index in [1.807, 2.05) is 48.2 Å². The number of piperidine rings is 1. The average Bonchev–Trinajstić information content (AvgIpc) is 2.78. The molecule has 6 heteroatoms. The zero-order valence-electron chi connectivity index (χ0n) is 17.6. The van der Waals surface area contributed by atoms with Crippen molar-refractivity contribution in [2.75, 3.05) is 45.9 Å². The molecule has 0 bridgehead atoms. The summed E-state index contributed by atoms with van der Waals surface area (Å²) in [6.07, 6.45) is 3.42. The molecule has 2 aromatic rings. The number of aromatic nitrogens is 1. The minimum atomic E-state index is 0.118. The van der Waals surface area contributed by atoms with Crippen LogP contribution in [0, 0.1) is 12.8 Å². The average molecular weight is 472 g/mol. The molecule has 0 aliphatic carbocycles. The lowest BCUT2D eigenvalue weighted by Gasteiger charge is -2.34. The van der Waals surface area contributed by atoms with Crippen LogP contribution >= 0.6 is 15.9 Å². The number of carbonyl (C=O) groups excluding carboxylic acids is 1. The predicted octanol–water partition coefficient (Wildman–Crippen LogP) is 4.39. The number of rotatable bonds is 5. The molecule has 2 aliphatic heterocycles. The molecule has 0 unspecified atom stereocenters. The number of halogens is 1. The maximum absolute atomic E-state index is 13.1. The van der Waals surface area contributed by atoms with E-state index < -0.39 is 0 Å². The Morgan fingerprint density at radius 3 is 2.60 bits per heavy atom. The number of nitrogens with zero attached hydrogens (tertiary/aromatic N) is 3. The summed E-state index contributed by atoms with van der Waals surface area (Å²) in [6, 6.07) is 12.0. The van der Waals surface area contributed by atoms with Crippen molar-refractivity contribution in [1.82, 2.24) is 14.8 Å². The highest BCUT2D eigenvalue weighted by Gasteiger charge is 2.25. The van der Waals surface area contributed by atoms with Gasteiger partial charge in [-0.2, -0.15) is 0 Å². The Bertz CT molecular complexity index is 875. The van der Waals surface area contributed by atoms with Gasteiger partial charge in [0.1, 0.15) is 0 Å². The Hall–Kier alpha value is -1.76. The molecule has 0 saturated carbocycles. The molecule has 0 radical (unpaired) electrons. The lowest BCUT2D eigenvalue weighted by atomic mass is 9.92. The van der Waals surface area contributed by atoms with Gasteiger partial charge in [0.2, 0.25) is 0 Å². The summed E-state index contributed by atoms with van der Waals surface area (Å²) < 4.78 is 6.45. The zero-order chi connectivity index (χ0) is 20.9. The first kappa shape index (κ1) is 21.5. The number of carbonyl (C=O) groups is 1. The molecule has 1 aromatic carbocycles. The minimum absolute atomic E-state index is 0.118. The Kier molecular flexibility index (Phi) is 7.18. The summed E-state index contributed by atoms with van der Waals surface area (Å²) in [5, 5.41) is 0. The van der Waals surface area contributed by atoms with Crippen molar-refractivity contribution < 1.29 is 9.53 Å². The minimum Gasteiger partial charge on any atom is -0.379 e. The van der Waals surface area contributed by atoms with E-state index in [1.165, 1.54) is 6.42 Å². The Labute approximate surface area is 187 Å². The highest BCUT2D eigenvalue weighted by atomic mass is 79.9. The quantitative estimate of drug-likeness (QED) is 0.648. The summed E-state index contributed by atoms with van der Waals surface area (Å²) in [5.74, 6) is 0.836. The fraction of sp³-hybridized carbons (Fsp3) is 0.500. The number of morpholine rings is 1. The second kappa shape index (κ2) is 10.0. The van der Waals surface area contributed by atoms with E-state index >= 15 is 0 Å². The van der Waals surface area contributed by atoms with Crippen molar-refractivity contribution in [2.24, 2.45) is 5.92 Å². The number of likely N-dealkylation sites (tertiary alicyclic amines) is 1. The van der Waals surface area contributed by atoms with E-state index in [2.05, 4.69) is 20.8 Å². The molecular weight excluding hydrogens is 442 g/mol. The van der Waals surface area contributed by atoms with Gasteiger partial charge in [-0.3, -0.25) is 14.7 Å². The van der Waals surface area contributed by atoms with Gasteiger partial charge in [0.05, 0.1) is 30.2 Å². The number of aryl methyl sites for hydroxylation is 1. The number of amides is 1. The summed E-state index contributed by atoms with van der Waals surface area (Å²) in [4.78, 5) is 22.3. The second-order valence-electron chi connectivity index (χ2n) is 8.32. The van der Waals surface area contributed by atoms with Crippen LogP contribution in [0.3, 0.4) is 0 Å². The van der Waals surface area contributed by atoms with E-state index in [1.54, 1.807) is 0 Å². The smallest absolute Gasteiger partial charge is 0.255 e. The van der Waals surface area contributed by atoms with Gasteiger partial charge in [-0.05, 0) is 62.9 Å². The maximum atomic E-state index is 13.1. The fourth-order valence-corrected chi connectivity index (χ4v) is 4.78. The number of hydrogen-bond acceptors (Lipinski definition) is 4. The van der Waals surface area contributed by atoms with E-state index in [9.17, 15) is 4.79 Å². The molecule has 30 heavy (non-hydrogen) atoms. The van der Waals surface area contributed by atoms with Crippen LogP contribution in [0.5, 0.6) is 0 Å². The maximum Gasteiger partial charge on any atom is 0.255 e. The Balaban J connectivity index is 1.32.